The first-order valence-corrected chi connectivity index (χ1v) is 6.24. The van der Waals surface area contributed by atoms with Crippen molar-refractivity contribution in [2.75, 3.05) is 6.54 Å². The van der Waals surface area contributed by atoms with E-state index in [2.05, 4.69) is 25.9 Å². The Morgan fingerprint density at radius 2 is 2.00 bits per heavy atom. The van der Waals surface area contributed by atoms with Crippen LogP contribution >= 0.6 is 0 Å². The minimum Gasteiger partial charge on any atom is -0.151 e. The first-order chi connectivity index (χ1) is 6.95. The Labute approximate surface area is 92.8 Å². The second-order valence-electron chi connectivity index (χ2n) is 6.95. The summed E-state index contributed by atoms with van der Waals surface area (Å²) in [5.41, 5.74) is 0.680. The summed E-state index contributed by atoms with van der Waals surface area (Å²) in [6.45, 7) is 7.60. The monoisotopic (exact) mass is 209 g/mol. The van der Waals surface area contributed by atoms with Crippen molar-refractivity contribution in [3.05, 3.63) is 4.91 Å². The van der Waals surface area contributed by atoms with Gasteiger partial charge in [0.2, 0.25) is 0 Å². The van der Waals surface area contributed by atoms with Gasteiger partial charge in [-0.25, -0.2) is 0 Å². The molecule has 0 aromatic carbocycles. The van der Waals surface area contributed by atoms with Crippen LogP contribution < -0.4 is 0 Å². The SMILES string of the molecule is CC1CC2CC(C)(C)CC(CN=O)(C1)C2. The van der Waals surface area contributed by atoms with Crippen LogP contribution in [0.1, 0.15) is 52.9 Å². The topological polar surface area (TPSA) is 29.4 Å². The van der Waals surface area contributed by atoms with Crippen LogP contribution in [0, 0.1) is 27.6 Å². The summed E-state index contributed by atoms with van der Waals surface area (Å²) in [7, 11) is 0. The molecule has 3 unspecified atom stereocenters. The number of nitroso groups, excluding NO2 is 1. The van der Waals surface area contributed by atoms with Gasteiger partial charge in [-0.05, 0) is 54.8 Å². The minimum atomic E-state index is 0.256. The summed E-state index contributed by atoms with van der Waals surface area (Å²) in [6, 6.07) is 0. The van der Waals surface area contributed by atoms with Crippen LogP contribution in [0.25, 0.3) is 0 Å². The third-order valence-electron chi connectivity index (χ3n) is 4.33. The van der Waals surface area contributed by atoms with E-state index in [1.807, 2.05) is 0 Å². The average molecular weight is 209 g/mol. The second-order valence-corrected chi connectivity index (χ2v) is 6.95. The molecule has 2 nitrogen and oxygen atoms in total. The van der Waals surface area contributed by atoms with Gasteiger partial charge in [0.15, 0.2) is 0 Å². The normalized spacial score (nSPS) is 43.7. The first kappa shape index (κ1) is 11.1. The van der Waals surface area contributed by atoms with Crippen LogP contribution in [0.4, 0.5) is 0 Å². The number of hydrogen-bond acceptors (Lipinski definition) is 2. The van der Waals surface area contributed by atoms with Gasteiger partial charge in [0.1, 0.15) is 0 Å². The maximum absolute atomic E-state index is 10.6. The van der Waals surface area contributed by atoms with E-state index in [4.69, 9.17) is 0 Å². The molecule has 2 aliphatic rings. The predicted molar refractivity (Wildman–Crippen MR) is 62.6 cm³/mol. The molecule has 0 aromatic heterocycles. The number of hydrogen-bond donors (Lipinski definition) is 0. The molecule has 2 aliphatic carbocycles. The molecule has 2 heteroatoms. The van der Waals surface area contributed by atoms with Crippen LogP contribution in [0.2, 0.25) is 0 Å². The minimum absolute atomic E-state index is 0.256. The first-order valence-electron chi connectivity index (χ1n) is 6.24. The molecular weight excluding hydrogens is 186 g/mol. The summed E-state index contributed by atoms with van der Waals surface area (Å²) in [5, 5.41) is 3.22. The van der Waals surface area contributed by atoms with E-state index in [0.29, 0.717) is 12.0 Å². The number of fused-ring (bicyclic) bond motifs is 2. The fourth-order valence-electron chi connectivity index (χ4n) is 4.66. The molecule has 0 aliphatic heterocycles. The maximum atomic E-state index is 10.6. The highest BCUT2D eigenvalue weighted by Gasteiger charge is 2.48. The third kappa shape index (κ3) is 2.24. The van der Waals surface area contributed by atoms with E-state index in [1.54, 1.807) is 0 Å². The Balaban J connectivity index is 2.21. The molecule has 2 bridgehead atoms. The highest BCUT2D eigenvalue weighted by Crippen LogP contribution is 2.56. The van der Waals surface area contributed by atoms with Crippen molar-refractivity contribution in [3.8, 4) is 0 Å². The molecule has 0 radical (unpaired) electrons. The van der Waals surface area contributed by atoms with Crippen LogP contribution in [0.5, 0.6) is 0 Å². The summed E-state index contributed by atoms with van der Waals surface area (Å²) in [6.07, 6.45) is 6.39. The Hall–Kier alpha value is -0.400. The molecule has 0 N–H and O–H groups in total. The van der Waals surface area contributed by atoms with Gasteiger partial charge in [-0.1, -0.05) is 25.9 Å². The smallest absolute Gasteiger partial charge is 0.0867 e. The average Bonchev–Trinajstić information content (AvgIpc) is 1.97. The predicted octanol–water partition coefficient (Wildman–Crippen LogP) is 4.00. The van der Waals surface area contributed by atoms with Crippen molar-refractivity contribution < 1.29 is 0 Å². The Kier molecular flexibility index (Phi) is 2.64. The zero-order chi connectivity index (χ0) is 11.1. The van der Waals surface area contributed by atoms with Gasteiger partial charge < -0.3 is 0 Å². The van der Waals surface area contributed by atoms with E-state index < -0.39 is 0 Å². The van der Waals surface area contributed by atoms with Crippen molar-refractivity contribution in [3.63, 3.8) is 0 Å². The highest BCUT2D eigenvalue weighted by molar-refractivity contribution is 4.99. The van der Waals surface area contributed by atoms with Gasteiger partial charge in [-0.15, -0.1) is 0 Å². The third-order valence-corrected chi connectivity index (χ3v) is 4.33. The number of nitrogens with zero attached hydrogens (tertiary/aromatic N) is 1. The lowest BCUT2D eigenvalue weighted by atomic mass is 9.53. The molecule has 0 spiro atoms. The molecule has 0 aromatic rings. The summed E-state index contributed by atoms with van der Waals surface area (Å²) >= 11 is 0. The summed E-state index contributed by atoms with van der Waals surface area (Å²) in [4.78, 5) is 10.6. The van der Waals surface area contributed by atoms with Crippen molar-refractivity contribution in [1.29, 1.82) is 0 Å². The molecule has 0 saturated heterocycles. The van der Waals surface area contributed by atoms with Crippen molar-refractivity contribution >= 4 is 0 Å². The van der Waals surface area contributed by atoms with Crippen LogP contribution in [0.15, 0.2) is 5.18 Å². The lowest BCUT2D eigenvalue weighted by Crippen LogP contribution is -2.44. The van der Waals surface area contributed by atoms with Crippen molar-refractivity contribution in [2.45, 2.75) is 52.9 Å². The Bertz CT molecular complexity index is 257. The molecular formula is C13H23NO. The lowest BCUT2D eigenvalue weighted by molar-refractivity contribution is -0.0147. The van der Waals surface area contributed by atoms with Gasteiger partial charge in [0.05, 0.1) is 6.54 Å². The van der Waals surface area contributed by atoms with Crippen LogP contribution in [-0.2, 0) is 0 Å². The lowest BCUT2D eigenvalue weighted by Gasteiger charge is -2.52. The summed E-state index contributed by atoms with van der Waals surface area (Å²) in [5.74, 6) is 1.64. The van der Waals surface area contributed by atoms with Crippen molar-refractivity contribution in [2.24, 2.45) is 27.8 Å². The Morgan fingerprint density at radius 1 is 1.27 bits per heavy atom. The van der Waals surface area contributed by atoms with Crippen molar-refractivity contribution in [1.82, 2.24) is 0 Å². The van der Waals surface area contributed by atoms with Crippen LogP contribution in [0.3, 0.4) is 0 Å². The zero-order valence-electron chi connectivity index (χ0n) is 10.3. The quantitative estimate of drug-likeness (QED) is 0.632. The molecule has 2 rings (SSSR count). The Morgan fingerprint density at radius 3 is 2.67 bits per heavy atom. The van der Waals surface area contributed by atoms with E-state index in [-0.39, 0.29) is 5.41 Å². The molecule has 15 heavy (non-hydrogen) atoms. The fraction of sp³-hybridized carbons (Fsp3) is 1.00. The molecule has 2 saturated carbocycles. The van der Waals surface area contributed by atoms with Gasteiger partial charge in [0, 0.05) is 0 Å². The number of rotatable bonds is 2. The van der Waals surface area contributed by atoms with Crippen LogP contribution in [-0.4, -0.2) is 6.54 Å². The van der Waals surface area contributed by atoms with E-state index in [9.17, 15) is 4.91 Å². The summed E-state index contributed by atoms with van der Waals surface area (Å²) < 4.78 is 0. The molecule has 0 heterocycles. The van der Waals surface area contributed by atoms with E-state index >= 15 is 0 Å². The molecule has 0 amide bonds. The molecule has 2 fully saturated rings. The van der Waals surface area contributed by atoms with Gasteiger partial charge in [-0.2, -0.15) is 4.91 Å². The zero-order valence-corrected chi connectivity index (χ0v) is 10.3. The molecule has 3 atom stereocenters. The maximum Gasteiger partial charge on any atom is 0.0867 e. The fourth-order valence-corrected chi connectivity index (χ4v) is 4.66. The van der Waals surface area contributed by atoms with Gasteiger partial charge in [0.25, 0.3) is 0 Å². The van der Waals surface area contributed by atoms with E-state index in [0.717, 1.165) is 11.8 Å². The van der Waals surface area contributed by atoms with E-state index in [1.165, 1.54) is 32.1 Å². The standard InChI is InChI=1S/C13H23NO/c1-10-4-11-6-12(2,3)8-13(5-10,7-11)9-14-15/h10-11H,4-9H2,1-3H3. The highest BCUT2D eigenvalue weighted by atomic mass is 16.3. The second kappa shape index (κ2) is 3.57. The van der Waals surface area contributed by atoms with Gasteiger partial charge >= 0.3 is 0 Å². The largest absolute Gasteiger partial charge is 0.151 e. The molecule has 86 valence electrons. The van der Waals surface area contributed by atoms with Gasteiger partial charge in [-0.3, -0.25) is 0 Å².